The van der Waals surface area contributed by atoms with Gasteiger partial charge in [0.05, 0.1) is 11.4 Å². The summed E-state index contributed by atoms with van der Waals surface area (Å²) in [5.74, 6) is -2.34. The molecule has 1 atom stereocenters. The molecular formula is C14H11N3O4. The quantitative estimate of drug-likeness (QED) is 0.792. The number of nitrogens with zero attached hydrogens (tertiary/aromatic N) is 2. The zero-order chi connectivity index (χ0) is 15.0. The number of amides is 2. The van der Waals surface area contributed by atoms with Gasteiger partial charge in [-0.25, -0.2) is 14.8 Å². The molecule has 2 amide bonds. The number of fused-ring (bicyclic) bond motifs is 1. The number of aromatic carboxylic acids is 1. The maximum absolute atomic E-state index is 12.0. The van der Waals surface area contributed by atoms with Crippen LogP contribution in [0.3, 0.4) is 0 Å². The minimum Gasteiger partial charge on any atom is -0.476 e. The Morgan fingerprint density at radius 1 is 1.29 bits per heavy atom. The molecule has 1 aliphatic heterocycles. The summed E-state index contributed by atoms with van der Waals surface area (Å²) in [7, 11) is 0. The summed E-state index contributed by atoms with van der Waals surface area (Å²) in [5.41, 5.74) is 0.941. The monoisotopic (exact) mass is 285 g/mol. The van der Waals surface area contributed by atoms with Crippen LogP contribution >= 0.6 is 0 Å². The Labute approximate surface area is 119 Å². The molecule has 1 fully saturated rings. The van der Waals surface area contributed by atoms with E-state index >= 15 is 0 Å². The predicted molar refractivity (Wildman–Crippen MR) is 71.6 cm³/mol. The summed E-state index contributed by atoms with van der Waals surface area (Å²) >= 11 is 0. The standard InChI is InChI=1S/C14H11N3O4/c18-10-5-4-8(13(19)17-10)7-2-1-3-9-11(7)15-6-16-12(9)14(20)21/h1-3,6,8H,4-5H2,(H,20,21)(H,17,18,19). The highest BCUT2D eigenvalue weighted by Crippen LogP contribution is 2.30. The minimum absolute atomic E-state index is 0.103. The van der Waals surface area contributed by atoms with Crippen molar-refractivity contribution < 1.29 is 19.5 Å². The smallest absolute Gasteiger partial charge is 0.355 e. The van der Waals surface area contributed by atoms with Crippen LogP contribution in [0.5, 0.6) is 0 Å². The third-order valence-corrected chi connectivity index (χ3v) is 3.51. The molecule has 106 valence electrons. The van der Waals surface area contributed by atoms with Gasteiger partial charge in [0.2, 0.25) is 11.8 Å². The highest BCUT2D eigenvalue weighted by molar-refractivity contribution is 6.05. The van der Waals surface area contributed by atoms with Crippen molar-refractivity contribution in [2.24, 2.45) is 0 Å². The minimum atomic E-state index is -1.15. The highest BCUT2D eigenvalue weighted by Gasteiger charge is 2.30. The Morgan fingerprint density at radius 2 is 2.10 bits per heavy atom. The molecule has 0 aliphatic carbocycles. The van der Waals surface area contributed by atoms with Crippen LogP contribution in [0, 0.1) is 0 Å². The topological polar surface area (TPSA) is 109 Å². The molecule has 7 nitrogen and oxygen atoms in total. The molecule has 21 heavy (non-hydrogen) atoms. The normalized spacial score (nSPS) is 18.6. The number of piperidine rings is 1. The third-order valence-electron chi connectivity index (χ3n) is 3.51. The van der Waals surface area contributed by atoms with Gasteiger partial charge in [-0.05, 0) is 12.0 Å². The van der Waals surface area contributed by atoms with Crippen LogP contribution in [0.1, 0.15) is 34.8 Å². The largest absolute Gasteiger partial charge is 0.476 e. The number of hydrogen-bond acceptors (Lipinski definition) is 5. The van der Waals surface area contributed by atoms with E-state index in [9.17, 15) is 14.4 Å². The zero-order valence-electron chi connectivity index (χ0n) is 10.9. The summed E-state index contributed by atoms with van der Waals surface area (Å²) in [6, 6.07) is 4.99. The van der Waals surface area contributed by atoms with Gasteiger partial charge < -0.3 is 5.11 Å². The molecule has 7 heteroatoms. The predicted octanol–water partition coefficient (Wildman–Crippen LogP) is 0.848. The number of aromatic nitrogens is 2. The lowest BCUT2D eigenvalue weighted by Crippen LogP contribution is -2.39. The van der Waals surface area contributed by atoms with E-state index in [0.717, 1.165) is 0 Å². The first-order valence-electron chi connectivity index (χ1n) is 6.38. The fourth-order valence-corrected chi connectivity index (χ4v) is 2.55. The maximum Gasteiger partial charge on any atom is 0.355 e. The van der Waals surface area contributed by atoms with Crippen molar-refractivity contribution in [1.82, 2.24) is 15.3 Å². The van der Waals surface area contributed by atoms with Crippen LogP contribution in [0.2, 0.25) is 0 Å². The van der Waals surface area contributed by atoms with E-state index in [1.165, 1.54) is 6.33 Å². The van der Waals surface area contributed by atoms with Gasteiger partial charge in [0, 0.05) is 11.8 Å². The van der Waals surface area contributed by atoms with Crippen LogP contribution < -0.4 is 5.32 Å². The molecule has 0 radical (unpaired) electrons. The number of benzene rings is 1. The molecule has 3 rings (SSSR count). The first-order valence-corrected chi connectivity index (χ1v) is 6.38. The summed E-state index contributed by atoms with van der Waals surface area (Å²) in [4.78, 5) is 42.3. The van der Waals surface area contributed by atoms with Crippen molar-refractivity contribution >= 4 is 28.7 Å². The second kappa shape index (κ2) is 4.93. The molecular weight excluding hydrogens is 274 g/mol. The van der Waals surface area contributed by atoms with Crippen LogP contribution in [0.4, 0.5) is 0 Å². The summed E-state index contributed by atoms with van der Waals surface area (Å²) in [5, 5.41) is 11.8. The van der Waals surface area contributed by atoms with E-state index in [4.69, 9.17) is 5.11 Å². The van der Waals surface area contributed by atoms with Gasteiger partial charge >= 0.3 is 5.97 Å². The van der Waals surface area contributed by atoms with Gasteiger partial charge in [-0.3, -0.25) is 14.9 Å². The molecule has 1 aromatic carbocycles. The van der Waals surface area contributed by atoms with Crippen molar-refractivity contribution in [2.75, 3.05) is 0 Å². The number of carboxylic acids is 1. The highest BCUT2D eigenvalue weighted by atomic mass is 16.4. The first kappa shape index (κ1) is 13.2. The van der Waals surface area contributed by atoms with Crippen molar-refractivity contribution in [1.29, 1.82) is 0 Å². The van der Waals surface area contributed by atoms with Crippen molar-refractivity contribution in [3.05, 3.63) is 35.8 Å². The molecule has 0 bridgehead atoms. The van der Waals surface area contributed by atoms with Crippen molar-refractivity contribution in [3.63, 3.8) is 0 Å². The number of rotatable bonds is 2. The van der Waals surface area contributed by atoms with E-state index in [2.05, 4.69) is 15.3 Å². The molecule has 2 N–H and O–H groups in total. The fraction of sp³-hybridized carbons (Fsp3) is 0.214. The van der Waals surface area contributed by atoms with Gasteiger partial charge in [-0.2, -0.15) is 0 Å². The number of para-hydroxylation sites is 1. The molecule has 0 spiro atoms. The van der Waals surface area contributed by atoms with Crippen LogP contribution in [-0.2, 0) is 9.59 Å². The molecule has 1 aliphatic rings. The van der Waals surface area contributed by atoms with Crippen molar-refractivity contribution in [2.45, 2.75) is 18.8 Å². The van der Waals surface area contributed by atoms with Gasteiger partial charge in [0.25, 0.3) is 0 Å². The van der Waals surface area contributed by atoms with Crippen LogP contribution in [0.25, 0.3) is 10.9 Å². The SMILES string of the molecule is O=C1CCC(c2cccc3c(C(=O)O)ncnc23)C(=O)N1. The molecule has 1 unspecified atom stereocenters. The summed E-state index contributed by atoms with van der Waals surface area (Å²) < 4.78 is 0. The Morgan fingerprint density at radius 3 is 2.81 bits per heavy atom. The molecule has 1 aromatic heterocycles. The van der Waals surface area contributed by atoms with E-state index in [1.54, 1.807) is 18.2 Å². The van der Waals surface area contributed by atoms with Gasteiger partial charge in [0.15, 0.2) is 5.69 Å². The fourth-order valence-electron chi connectivity index (χ4n) is 2.55. The molecule has 2 heterocycles. The molecule has 0 saturated carbocycles. The zero-order valence-corrected chi connectivity index (χ0v) is 10.9. The second-order valence-corrected chi connectivity index (χ2v) is 4.77. The second-order valence-electron chi connectivity index (χ2n) is 4.77. The lowest BCUT2D eigenvalue weighted by Gasteiger charge is -2.22. The number of carbonyl (C=O) groups excluding carboxylic acids is 2. The summed E-state index contributed by atoms with van der Waals surface area (Å²) in [6.45, 7) is 0. The Kier molecular flexibility index (Phi) is 3.09. The average molecular weight is 285 g/mol. The van der Waals surface area contributed by atoms with Gasteiger partial charge in [0.1, 0.15) is 6.33 Å². The van der Waals surface area contributed by atoms with Crippen molar-refractivity contribution in [3.8, 4) is 0 Å². The maximum atomic E-state index is 12.0. The van der Waals surface area contributed by atoms with Crippen LogP contribution in [0.15, 0.2) is 24.5 Å². The number of imide groups is 1. The van der Waals surface area contributed by atoms with E-state index in [1.807, 2.05) is 0 Å². The van der Waals surface area contributed by atoms with Gasteiger partial charge in [-0.1, -0.05) is 18.2 Å². The average Bonchev–Trinajstić information content (AvgIpc) is 2.46. The number of carbonyl (C=O) groups is 3. The van der Waals surface area contributed by atoms with E-state index in [-0.39, 0.29) is 23.9 Å². The number of nitrogens with one attached hydrogen (secondary N) is 1. The number of hydrogen-bond donors (Lipinski definition) is 2. The molecule has 2 aromatic rings. The summed E-state index contributed by atoms with van der Waals surface area (Å²) in [6.07, 6.45) is 1.81. The molecule has 1 saturated heterocycles. The lowest BCUT2D eigenvalue weighted by molar-refractivity contribution is -0.134. The van der Waals surface area contributed by atoms with Gasteiger partial charge in [-0.15, -0.1) is 0 Å². The first-order chi connectivity index (χ1) is 10.1. The van der Waals surface area contributed by atoms with E-state index in [0.29, 0.717) is 22.9 Å². The van der Waals surface area contributed by atoms with E-state index < -0.39 is 11.9 Å². The Bertz CT molecular complexity index is 772. The lowest BCUT2D eigenvalue weighted by atomic mass is 9.89. The Hall–Kier alpha value is -2.83. The Balaban J connectivity index is 2.16. The number of carboxylic acid groups (broad SMARTS) is 1. The third kappa shape index (κ3) is 2.22. The van der Waals surface area contributed by atoms with Crippen LogP contribution in [-0.4, -0.2) is 32.9 Å².